The Balaban J connectivity index is 1.43. The molecule has 1 fully saturated rings. The first kappa shape index (κ1) is 19.9. The highest BCUT2D eigenvalue weighted by molar-refractivity contribution is 9.10. The molecule has 27 heavy (non-hydrogen) atoms. The predicted octanol–water partition coefficient (Wildman–Crippen LogP) is 3.82. The Bertz CT molecular complexity index is 904. The van der Waals surface area contributed by atoms with Crippen LogP contribution in [0.1, 0.15) is 31.2 Å². The van der Waals surface area contributed by atoms with Gasteiger partial charge in [-0.2, -0.15) is 0 Å². The number of amides is 1. The fourth-order valence-electron chi connectivity index (χ4n) is 2.91. The normalized spacial score (nSPS) is 15.2. The molecule has 0 atom stereocenters. The molecule has 1 amide bonds. The molecule has 7 heteroatoms. The Kier molecular flexibility index (Phi) is 5.91. The molecule has 3 rings (SSSR count). The minimum absolute atomic E-state index is 0.0199. The molecule has 0 bridgehead atoms. The van der Waals surface area contributed by atoms with Gasteiger partial charge in [0.15, 0.2) is 9.84 Å². The molecule has 1 aliphatic carbocycles. The summed E-state index contributed by atoms with van der Waals surface area (Å²) < 4.78 is 29.5. The van der Waals surface area contributed by atoms with Crippen LogP contribution in [-0.4, -0.2) is 27.2 Å². The van der Waals surface area contributed by atoms with Crippen molar-refractivity contribution in [2.24, 2.45) is 0 Å². The lowest BCUT2D eigenvalue weighted by atomic mass is 10.0. The van der Waals surface area contributed by atoms with E-state index >= 15 is 0 Å². The molecule has 144 valence electrons. The summed E-state index contributed by atoms with van der Waals surface area (Å²) >= 11 is 3.43. The molecule has 1 saturated carbocycles. The van der Waals surface area contributed by atoms with E-state index in [0.717, 1.165) is 22.9 Å². The summed E-state index contributed by atoms with van der Waals surface area (Å²) in [4.78, 5) is 12.5. The molecule has 0 radical (unpaired) electrons. The van der Waals surface area contributed by atoms with Gasteiger partial charge in [0.2, 0.25) is 5.91 Å². The van der Waals surface area contributed by atoms with Gasteiger partial charge in [-0.15, -0.1) is 0 Å². The van der Waals surface area contributed by atoms with Crippen molar-refractivity contribution in [3.8, 4) is 5.75 Å². The summed E-state index contributed by atoms with van der Waals surface area (Å²) in [6.45, 7) is 0.400. The predicted molar refractivity (Wildman–Crippen MR) is 107 cm³/mol. The summed E-state index contributed by atoms with van der Waals surface area (Å²) in [5.74, 6) is 0.614. The number of carbonyl (C=O) groups excluding carboxylic acids is 1. The second kappa shape index (κ2) is 8.02. The molecule has 0 saturated heterocycles. The number of benzene rings is 2. The fourth-order valence-corrected chi connectivity index (χ4v) is 3.81. The molecule has 1 N–H and O–H groups in total. The molecule has 0 aromatic heterocycles. The highest BCUT2D eigenvalue weighted by atomic mass is 79.9. The SMILES string of the molecule is CS(=O)(=O)c1ccc(OCCCC(=O)NC2(c3ccc(Br)cc3)CC2)cc1. The van der Waals surface area contributed by atoms with Gasteiger partial charge in [0.1, 0.15) is 5.75 Å². The minimum atomic E-state index is -3.20. The van der Waals surface area contributed by atoms with Crippen LogP contribution in [0.15, 0.2) is 57.9 Å². The molecule has 1 aliphatic rings. The lowest BCUT2D eigenvalue weighted by molar-refractivity contribution is -0.122. The van der Waals surface area contributed by atoms with Crippen molar-refractivity contribution < 1.29 is 17.9 Å². The number of nitrogens with one attached hydrogen (secondary N) is 1. The zero-order chi connectivity index (χ0) is 19.5. The van der Waals surface area contributed by atoms with Crippen molar-refractivity contribution in [3.05, 3.63) is 58.6 Å². The third kappa shape index (κ3) is 5.32. The number of hydrogen-bond donors (Lipinski definition) is 1. The Hall–Kier alpha value is -1.86. The quantitative estimate of drug-likeness (QED) is 0.619. The van der Waals surface area contributed by atoms with Gasteiger partial charge in [-0.3, -0.25) is 4.79 Å². The molecule has 2 aromatic rings. The topological polar surface area (TPSA) is 72.5 Å². The zero-order valence-corrected chi connectivity index (χ0v) is 17.5. The van der Waals surface area contributed by atoms with Crippen molar-refractivity contribution in [1.82, 2.24) is 5.32 Å². The van der Waals surface area contributed by atoms with E-state index in [4.69, 9.17) is 4.74 Å². The third-order valence-corrected chi connectivity index (χ3v) is 6.25. The van der Waals surface area contributed by atoms with E-state index in [2.05, 4.69) is 21.2 Å². The van der Waals surface area contributed by atoms with E-state index in [1.165, 1.54) is 18.4 Å². The first-order valence-corrected chi connectivity index (χ1v) is 11.5. The maximum atomic E-state index is 12.3. The molecule has 0 aliphatic heterocycles. The molecular formula is C20H22BrNO4S. The average molecular weight is 452 g/mol. The van der Waals surface area contributed by atoms with Crippen molar-refractivity contribution in [2.75, 3.05) is 12.9 Å². The van der Waals surface area contributed by atoms with Gasteiger partial charge in [-0.05, 0) is 61.2 Å². The lowest BCUT2D eigenvalue weighted by Gasteiger charge is -2.18. The minimum Gasteiger partial charge on any atom is -0.494 e. The maximum absolute atomic E-state index is 12.3. The van der Waals surface area contributed by atoms with Crippen LogP contribution >= 0.6 is 15.9 Å². The molecule has 0 spiro atoms. The Morgan fingerprint density at radius 3 is 2.30 bits per heavy atom. The third-order valence-electron chi connectivity index (χ3n) is 4.59. The van der Waals surface area contributed by atoms with Crippen LogP contribution in [0, 0.1) is 0 Å². The van der Waals surface area contributed by atoms with Crippen LogP contribution in [0.3, 0.4) is 0 Å². The van der Waals surface area contributed by atoms with Crippen LogP contribution in [0.25, 0.3) is 0 Å². The highest BCUT2D eigenvalue weighted by Crippen LogP contribution is 2.45. The average Bonchev–Trinajstić information content (AvgIpc) is 3.39. The monoisotopic (exact) mass is 451 g/mol. The molecule has 0 heterocycles. The van der Waals surface area contributed by atoms with Gasteiger partial charge in [0.25, 0.3) is 0 Å². The van der Waals surface area contributed by atoms with Crippen LogP contribution in [0.4, 0.5) is 0 Å². The van der Waals surface area contributed by atoms with Gasteiger partial charge >= 0.3 is 0 Å². The van der Waals surface area contributed by atoms with Crippen molar-refractivity contribution in [2.45, 2.75) is 36.1 Å². The van der Waals surface area contributed by atoms with Gasteiger partial charge in [-0.25, -0.2) is 8.42 Å². The summed E-state index contributed by atoms with van der Waals surface area (Å²) in [5.41, 5.74) is 0.932. The molecule has 5 nitrogen and oxygen atoms in total. The van der Waals surface area contributed by atoms with E-state index in [-0.39, 0.29) is 16.3 Å². The van der Waals surface area contributed by atoms with Crippen LogP contribution in [0.5, 0.6) is 5.75 Å². The zero-order valence-electron chi connectivity index (χ0n) is 15.1. The number of ether oxygens (including phenoxy) is 1. The molecular weight excluding hydrogens is 430 g/mol. The van der Waals surface area contributed by atoms with Gasteiger partial charge in [-0.1, -0.05) is 28.1 Å². The van der Waals surface area contributed by atoms with E-state index in [1.807, 2.05) is 24.3 Å². The fraction of sp³-hybridized carbons (Fsp3) is 0.350. The number of hydrogen-bond acceptors (Lipinski definition) is 4. The van der Waals surface area contributed by atoms with E-state index < -0.39 is 9.84 Å². The first-order chi connectivity index (χ1) is 12.8. The number of carbonyl (C=O) groups is 1. The summed E-state index contributed by atoms with van der Waals surface area (Å²) in [7, 11) is -3.20. The Labute approximate surface area is 168 Å². The smallest absolute Gasteiger partial charge is 0.220 e. The van der Waals surface area contributed by atoms with Crippen LogP contribution in [-0.2, 0) is 20.2 Å². The summed E-state index contributed by atoms with van der Waals surface area (Å²) in [6, 6.07) is 14.4. The van der Waals surface area contributed by atoms with Gasteiger partial charge in [0, 0.05) is 17.1 Å². The van der Waals surface area contributed by atoms with Crippen molar-refractivity contribution in [3.63, 3.8) is 0 Å². The first-order valence-electron chi connectivity index (χ1n) is 8.79. The number of rotatable bonds is 8. The van der Waals surface area contributed by atoms with Crippen molar-refractivity contribution in [1.29, 1.82) is 0 Å². The maximum Gasteiger partial charge on any atom is 0.220 e. The second-order valence-corrected chi connectivity index (χ2v) is 9.76. The number of sulfone groups is 1. The highest BCUT2D eigenvalue weighted by Gasteiger charge is 2.45. The van der Waals surface area contributed by atoms with E-state index in [9.17, 15) is 13.2 Å². The van der Waals surface area contributed by atoms with E-state index in [0.29, 0.717) is 25.2 Å². The van der Waals surface area contributed by atoms with E-state index in [1.54, 1.807) is 12.1 Å². The molecule has 2 aromatic carbocycles. The Morgan fingerprint density at radius 2 is 1.74 bits per heavy atom. The number of halogens is 1. The Morgan fingerprint density at radius 1 is 1.11 bits per heavy atom. The van der Waals surface area contributed by atoms with Crippen LogP contribution < -0.4 is 10.1 Å². The van der Waals surface area contributed by atoms with Gasteiger partial charge in [0.05, 0.1) is 17.0 Å². The largest absolute Gasteiger partial charge is 0.494 e. The lowest BCUT2D eigenvalue weighted by Crippen LogP contribution is -2.34. The summed E-state index contributed by atoms with van der Waals surface area (Å²) in [6.07, 6.45) is 4.07. The van der Waals surface area contributed by atoms with Gasteiger partial charge < -0.3 is 10.1 Å². The molecule has 0 unspecified atom stereocenters. The standard InChI is InChI=1S/C20H22BrNO4S/c1-27(24,25)18-10-8-17(9-11-18)26-14-2-3-19(23)22-20(12-13-20)15-4-6-16(21)7-5-15/h4-11H,2-3,12-14H2,1H3,(H,22,23). The summed E-state index contributed by atoms with van der Waals surface area (Å²) in [5, 5.41) is 3.15. The second-order valence-electron chi connectivity index (χ2n) is 6.83. The van der Waals surface area contributed by atoms with Crippen molar-refractivity contribution >= 4 is 31.7 Å². The van der Waals surface area contributed by atoms with Crippen LogP contribution in [0.2, 0.25) is 0 Å².